The molecule has 0 radical (unpaired) electrons. The second-order valence-electron chi connectivity index (χ2n) is 2.48. The first kappa shape index (κ1) is 9.93. The van der Waals surface area contributed by atoms with Gasteiger partial charge in [0.1, 0.15) is 5.78 Å². The summed E-state index contributed by atoms with van der Waals surface area (Å²) in [5.74, 6) is 0.202. The van der Waals surface area contributed by atoms with Crippen LogP contribution in [-0.4, -0.2) is 11.1 Å². The molecular formula is C9H8Br2O. The van der Waals surface area contributed by atoms with Gasteiger partial charge in [-0.1, -0.05) is 44.0 Å². The van der Waals surface area contributed by atoms with Crippen LogP contribution in [0.5, 0.6) is 0 Å². The summed E-state index contributed by atoms with van der Waals surface area (Å²) in [6.07, 6.45) is 0.505. The summed E-state index contributed by atoms with van der Waals surface area (Å²) < 4.78 is 1.02. The van der Waals surface area contributed by atoms with E-state index in [0.717, 1.165) is 10.0 Å². The molecule has 0 N–H and O–H groups in total. The van der Waals surface area contributed by atoms with E-state index in [-0.39, 0.29) is 5.78 Å². The molecule has 0 aliphatic carbocycles. The molecule has 1 aromatic carbocycles. The lowest BCUT2D eigenvalue weighted by Crippen LogP contribution is -2.02. The minimum absolute atomic E-state index is 0.202. The van der Waals surface area contributed by atoms with E-state index in [9.17, 15) is 4.79 Å². The molecule has 0 spiro atoms. The summed E-state index contributed by atoms with van der Waals surface area (Å²) in [6.45, 7) is 0. The number of benzene rings is 1. The number of rotatable bonds is 3. The van der Waals surface area contributed by atoms with Crippen molar-refractivity contribution in [3.8, 4) is 0 Å². The Labute approximate surface area is 88.4 Å². The van der Waals surface area contributed by atoms with E-state index in [1.54, 1.807) is 0 Å². The van der Waals surface area contributed by atoms with Crippen molar-refractivity contribution >= 4 is 37.6 Å². The van der Waals surface area contributed by atoms with Crippen molar-refractivity contribution in [1.29, 1.82) is 0 Å². The molecule has 0 amide bonds. The van der Waals surface area contributed by atoms with Crippen LogP contribution in [-0.2, 0) is 11.2 Å². The molecule has 0 aliphatic rings. The topological polar surface area (TPSA) is 17.1 Å². The Hall–Kier alpha value is -0.150. The largest absolute Gasteiger partial charge is 0.298 e. The fraction of sp³-hybridized carbons (Fsp3) is 0.222. The second-order valence-corrected chi connectivity index (χ2v) is 3.96. The quantitative estimate of drug-likeness (QED) is 0.783. The van der Waals surface area contributed by atoms with Crippen LogP contribution in [0.15, 0.2) is 28.7 Å². The number of carbonyl (C=O) groups is 1. The molecule has 0 atom stereocenters. The average Bonchev–Trinajstić information content (AvgIpc) is 2.04. The minimum Gasteiger partial charge on any atom is -0.298 e. The summed E-state index contributed by atoms with van der Waals surface area (Å²) >= 11 is 6.48. The fourth-order valence-electron chi connectivity index (χ4n) is 0.922. The van der Waals surface area contributed by atoms with Gasteiger partial charge in [-0.25, -0.2) is 0 Å². The van der Waals surface area contributed by atoms with Crippen LogP contribution in [0.3, 0.4) is 0 Å². The van der Waals surface area contributed by atoms with Crippen molar-refractivity contribution in [2.75, 3.05) is 5.33 Å². The number of hydrogen-bond donors (Lipinski definition) is 0. The van der Waals surface area contributed by atoms with E-state index in [2.05, 4.69) is 31.9 Å². The van der Waals surface area contributed by atoms with Gasteiger partial charge in [0, 0.05) is 10.9 Å². The average molecular weight is 292 g/mol. The van der Waals surface area contributed by atoms with Crippen LogP contribution in [0.2, 0.25) is 0 Å². The van der Waals surface area contributed by atoms with Crippen LogP contribution in [0.4, 0.5) is 0 Å². The third-order valence-electron chi connectivity index (χ3n) is 1.44. The molecule has 0 saturated heterocycles. The first-order valence-corrected chi connectivity index (χ1v) is 5.46. The van der Waals surface area contributed by atoms with E-state index in [1.165, 1.54) is 0 Å². The maximum atomic E-state index is 11.0. The third kappa shape index (κ3) is 3.07. The highest BCUT2D eigenvalue weighted by molar-refractivity contribution is 9.10. The lowest BCUT2D eigenvalue weighted by Gasteiger charge is -1.98. The molecule has 0 heterocycles. The smallest absolute Gasteiger partial charge is 0.147 e. The molecule has 1 rings (SSSR count). The van der Waals surface area contributed by atoms with E-state index in [0.29, 0.717) is 11.8 Å². The zero-order chi connectivity index (χ0) is 8.97. The van der Waals surface area contributed by atoms with Crippen molar-refractivity contribution in [1.82, 2.24) is 0 Å². The second kappa shape index (κ2) is 4.77. The van der Waals surface area contributed by atoms with Crippen molar-refractivity contribution in [3.05, 3.63) is 34.3 Å². The Morgan fingerprint density at radius 2 is 2.17 bits per heavy atom. The predicted molar refractivity (Wildman–Crippen MR) is 56.6 cm³/mol. The first-order valence-electron chi connectivity index (χ1n) is 3.54. The summed E-state index contributed by atoms with van der Waals surface area (Å²) in [4.78, 5) is 11.0. The summed E-state index contributed by atoms with van der Waals surface area (Å²) in [7, 11) is 0. The van der Waals surface area contributed by atoms with Crippen LogP contribution in [0.25, 0.3) is 0 Å². The minimum atomic E-state index is 0.202. The van der Waals surface area contributed by atoms with Gasteiger partial charge in [0.15, 0.2) is 0 Å². The third-order valence-corrected chi connectivity index (χ3v) is 2.56. The lowest BCUT2D eigenvalue weighted by atomic mass is 10.1. The van der Waals surface area contributed by atoms with Gasteiger partial charge in [0.05, 0.1) is 5.33 Å². The molecule has 0 aromatic heterocycles. The van der Waals surface area contributed by atoms with Gasteiger partial charge < -0.3 is 0 Å². The van der Waals surface area contributed by atoms with Gasteiger partial charge in [-0.2, -0.15) is 0 Å². The first-order chi connectivity index (χ1) is 5.72. The molecular weight excluding hydrogens is 284 g/mol. The number of ketones is 1. The zero-order valence-corrected chi connectivity index (χ0v) is 9.56. The van der Waals surface area contributed by atoms with E-state index < -0.39 is 0 Å². The number of halogens is 2. The van der Waals surface area contributed by atoms with Crippen LogP contribution in [0, 0.1) is 0 Å². The molecule has 0 aliphatic heterocycles. The van der Waals surface area contributed by atoms with Gasteiger partial charge in [-0.3, -0.25) is 4.79 Å². The summed E-state index contributed by atoms with van der Waals surface area (Å²) in [5, 5.41) is 0.430. The molecule has 0 fully saturated rings. The predicted octanol–water partition coefficient (Wildman–Crippen LogP) is 2.96. The van der Waals surface area contributed by atoms with Crippen LogP contribution in [0.1, 0.15) is 5.56 Å². The highest BCUT2D eigenvalue weighted by atomic mass is 79.9. The van der Waals surface area contributed by atoms with Gasteiger partial charge in [-0.05, 0) is 17.7 Å². The summed E-state index contributed by atoms with van der Waals surface area (Å²) in [5.41, 5.74) is 1.05. The fourth-order valence-corrected chi connectivity index (χ4v) is 1.57. The van der Waals surface area contributed by atoms with E-state index >= 15 is 0 Å². The van der Waals surface area contributed by atoms with Gasteiger partial charge in [0.2, 0.25) is 0 Å². The molecule has 1 aromatic rings. The molecule has 3 heteroatoms. The van der Waals surface area contributed by atoms with Gasteiger partial charge in [0.25, 0.3) is 0 Å². The Bertz CT molecular complexity index is 284. The molecule has 0 unspecified atom stereocenters. The maximum absolute atomic E-state index is 11.0. The van der Waals surface area contributed by atoms with Crippen molar-refractivity contribution in [2.45, 2.75) is 6.42 Å². The standard InChI is InChI=1S/C9H8Br2O/c10-6-9(12)5-7-2-1-3-8(11)4-7/h1-4H,5-6H2. The monoisotopic (exact) mass is 290 g/mol. The van der Waals surface area contributed by atoms with Crippen molar-refractivity contribution < 1.29 is 4.79 Å². The van der Waals surface area contributed by atoms with Crippen molar-refractivity contribution in [2.24, 2.45) is 0 Å². The van der Waals surface area contributed by atoms with E-state index in [1.807, 2.05) is 24.3 Å². The zero-order valence-electron chi connectivity index (χ0n) is 6.39. The number of Topliss-reactive ketones (excluding diaryl/α,β-unsaturated/α-hetero) is 1. The van der Waals surface area contributed by atoms with Crippen LogP contribution < -0.4 is 0 Å². The highest BCUT2D eigenvalue weighted by Crippen LogP contribution is 2.12. The Morgan fingerprint density at radius 1 is 1.42 bits per heavy atom. The number of carbonyl (C=O) groups excluding carboxylic acids is 1. The molecule has 1 nitrogen and oxygen atoms in total. The normalized spacial score (nSPS) is 9.83. The van der Waals surface area contributed by atoms with Gasteiger partial charge in [-0.15, -0.1) is 0 Å². The molecule has 0 bridgehead atoms. The summed E-state index contributed by atoms with van der Waals surface area (Å²) in [6, 6.07) is 7.79. The van der Waals surface area contributed by atoms with Gasteiger partial charge >= 0.3 is 0 Å². The number of alkyl halides is 1. The van der Waals surface area contributed by atoms with Crippen molar-refractivity contribution in [3.63, 3.8) is 0 Å². The Kier molecular flexibility index (Phi) is 3.95. The number of hydrogen-bond acceptors (Lipinski definition) is 1. The molecule has 64 valence electrons. The Morgan fingerprint density at radius 3 is 2.75 bits per heavy atom. The molecule has 0 saturated carbocycles. The Balaban J connectivity index is 2.69. The SMILES string of the molecule is O=C(CBr)Cc1cccc(Br)c1. The van der Waals surface area contributed by atoms with Crippen LogP contribution >= 0.6 is 31.9 Å². The highest BCUT2D eigenvalue weighted by Gasteiger charge is 2.00. The van der Waals surface area contributed by atoms with E-state index in [4.69, 9.17) is 0 Å². The lowest BCUT2D eigenvalue weighted by molar-refractivity contribution is -0.115. The molecule has 12 heavy (non-hydrogen) atoms. The maximum Gasteiger partial charge on any atom is 0.147 e.